The van der Waals surface area contributed by atoms with Gasteiger partial charge in [-0.15, -0.1) is 0 Å². The third-order valence-electron chi connectivity index (χ3n) is 4.59. The minimum atomic E-state index is -4.04. The molecule has 4 rings (SSSR count). The quantitative estimate of drug-likeness (QED) is 0.406. The molecule has 0 amide bonds. The van der Waals surface area contributed by atoms with Gasteiger partial charge in [-0.1, -0.05) is 54.6 Å². The summed E-state index contributed by atoms with van der Waals surface area (Å²) in [6.45, 7) is 0. The summed E-state index contributed by atoms with van der Waals surface area (Å²) in [5.41, 5.74) is 0. The molecule has 4 aromatic carbocycles. The second-order valence-corrected chi connectivity index (χ2v) is 10.5. The molecule has 0 radical (unpaired) electrons. The molecule has 7 heteroatoms. The fourth-order valence-electron chi connectivity index (χ4n) is 3.03. The number of hydrogen-bond donors (Lipinski definition) is 0. The zero-order valence-corrected chi connectivity index (χ0v) is 17.9. The third-order valence-corrected chi connectivity index (χ3v) is 8.15. The van der Waals surface area contributed by atoms with Crippen LogP contribution in [-0.2, 0) is 19.7 Å². The second-order valence-electron chi connectivity index (χ2n) is 6.66. The topological polar surface area (TPSA) is 77.5 Å². The summed E-state index contributed by atoms with van der Waals surface area (Å²) in [5.74, 6) is 0.479. The van der Waals surface area contributed by atoms with Crippen LogP contribution < -0.4 is 4.74 Å². The lowest BCUT2D eigenvalue weighted by atomic mass is 10.3. The first-order valence-corrected chi connectivity index (χ1v) is 12.3. The van der Waals surface area contributed by atoms with Gasteiger partial charge in [0.1, 0.15) is 16.4 Å². The SMILES string of the molecule is O=S(=O)(c1ccccc1)c1ccc(Oc2ccccc2)c(S(=O)(=O)c2ccccc2)c1. The first-order chi connectivity index (χ1) is 14.9. The van der Waals surface area contributed by atoms with Gasteiger partial charge in [0.05, 0.1) is 14.7 Å². The predicted octanol–water partition coefficient (Wildman–Crippen LogP) is 5.14. The van der Waals surface area contributed by atoms with Gasteiger partial charge in [-0.3, -0.25) is 0 Å². The smallest absolute Gasteiger partial charge is 0.210 e. The summed E-state index contributed by atoms with van der Waals surface area (Å²) in [6, 6.07) is 28.3. The Morgan fingerprint density at radius 3 is 1.52 bits per heavy atom. The van der Waals surface area contributed by atoms with Crippen LogP contribution in [0.2, 0.25) is 0 Å². The summed E-state index contributed by atoms with van der Waals surface area (Å²) in [4.78, 5) is -0.231. The molecule has 0 fully saturated rings. The summed E-state index contributed by atoms with van der Waals surface area (Å²) in [5, 5.41) is 0. The molecule has 0 atom stereocenters. The summed E-state index contributed by atoms with van der Waals surface area (Å²) < 4.78 is 58.8. The Labute approximate surface area is 181 Å². The fraction of sp³-hybridized carbons (Fsp3) is 0. The molecule has 4 aromatic rings. The standard InChI is InChI=1S/C24H18O5S2/c25-30(26,20-12-6-2-7-13-20)22-16-17-23(29-19-10-4-1-5-11-19)24(18-22)31(27,28)21-14-8-3-9-15-21/h1-18H. The highest BCUT2D eigenvalue weighted by molar-refractivity contribution is 7.92. The molecule has 156 valence electrons. The van der Waals surface area contributed by atoms with Gasteiger partial charge in [0, 0.05) is 0 Å². The van der Waals surface area contributed by atoms with Gasteiger partial charge in [-0.25, -0.2) is 16.8 Å². The van der Waals surface area contributed by atoms with Crippen LogP contribution in [0.25, 0.3) is 0 Å². The molecule has 0 aliphatic heterocycles. The molecule has 0 heterocycles. The van der Waals surface area contributed by atoms with E-state index in [1.54, 1.807) is 60.7 Å². The first-order valence-electron chi connectivity index (χ1n) is 9.36. The average Bonchev–Trinajstić information content (AvgIpc) is 2.81. The Kier molecular flexibility index (Phi) is 5.63. The van der Waals surface area contributed by atoms with Gasteiger partial charge in [0.25, 0.3) is 0 Å². The van der Waals surface area contributed by atoms with E-state index >= 15 is 0 Å². The normalized spacial score (nSPS) is 11.7. The van der Waals surface area contributed by atoms with Crippen molar-refractivity contribution in [2.24, 2.45) is 0 Å². The molecule has 0 aromatic heterocycles. The number of ether oxygens (including phenoxy) is 1. The molecular weight excluding hydrogens is 432 g/mol. The minimum Gasteiger partial charge on any atom is -0.456 e. The van der Waals surface area contributed by atoms with Crippen LogP contribution in [0.3, 0.4) is 0 Å². The van der Waals surface area contributed by atoms with Crippen LogP contribution in [0, 0.1) is 0 Å². The Balaban J connectivity index is 1.90. The fourth-order valence-corrected chi connectivity index (χ4v) is 5.84. The molecule has 5 nitrogen and oxygen atoms in total. The average molecular weight is 451 g/mol. The van der Waals surface area contributed by atoms with E-state index in [1.807, 2.05) is 6.07 Å². The summed E-state index contributed by atoms with van der Waals surface area (Å²) in [7, 11) is -7.96. The van der Waals surface area contributed by atoms with E-state index in [9.17, 15) is 16.8 Å². The van der Waals surface area contributed by atoms with Crippen molar-refractivity contribution in [3.63, 3.8) is 0 Å². The van der Waals surface area contributed by atoms with Gasteiger partial charge in [0.15, 0.2) is 0 Å². The van der Waals surface area contributed by atoms with Crippen molar-refractivity contribution in [3.8, 4) is 11.5 Å². The van der Waals surface area contributed by atoms with Crippen molar-refractivity contribution >= 4 is 19.7 Å². The van der Waals surface area contributed by atoms with E-state index in [-0.39, 0.29) is 25.3 Å². The van der Waals surface area contributed by atoms with Crippen LogP contribution in [0.1, 0.15) is 0 Å². The van der Waals surface area contributed by atoms with Crippen molar-refractivity contribution in [2.45, 2.75) is 19.6 Å². The lowest BCUT2D eigenvalue weighted by molar-refractivity contribution is 0.466. The van der Waals surface area contributed by atoms with Gasteiger partial charge < -0.3 is 4.74 Å². The van der Waals surface area contributed by atoms with Crippen LogP contribution in [0.5, 0.6) is 11.5 Å². The number of benzene rings is 4. The molecule has 0 aliphatic rings. The van der Waals surface area contributed by atoms with Crippen LogP contribution in [0.4, 0.5) is 0 Å². The predicted molar refractivity (Wildman–Crippen MR) is 117 cm³/mol. The molecule has 0 spiro atoms. The molecule has 31 heavy (non-hydrogen) atoms. The van der Waals surface area contributed by atoms with Crippen LogP contribution in [-0.4, -0.2) is 16.8 Å². The van der Waals surface area contributed by atoms with Gasteiger partial charge in [-0.05, 0) is 54.6 Å². The maximum absolute atomic E-state index is 13.4. The number of rotatable bonds is 6. The van der Waals surface area contributed by atoms with Crippen molar-refractivity contribution in [3.05, 3.63) is 109 Å². The molecule has 0 saturated heterocycles. The Bertz CT molecular complexity index is 1400. The monoisotopic (exact) mass is 450 g/mol. The third kappa shape index (κ3) is 4.23. The maximum atomic E-state index is 13.4. The molecular formula is C24H18O5S2. The molecule has 0 N–H and O–H groups in total. The highest BCUT2D eigenvalue weighted by Gasteiger charge is 2.27. The lowest BCUT2D eigenvalue weighted by Gasteiger charge is -2.14. The molecule has 0 aliphatic carbocycles. The van der Waals surface area contributed by atoms with E-state index in [0.29, 0.717) is 5.75 Å². The highest BCUT2D eigenvalue weighted by atomic mass is 32.2. The summed E-state index contributed by atoms with van der Waals surface area (Å²) in [6.07, 6.45) is 0. The second kappa shape index (κ2) is 8.37. The number of para-hydroxylation sites is 1. The Morgan fingerprint density at radius 1 is 0.484 bits per heavy atom. The van der Waals surface area contributed by atoms with Crippen LogP contribution in [0.15, 0.2) is 129 Å². The van der Waals surface area contributed by atoms with Gasteiger partial charge in [0.2, 0.25) is 19.7 Å². The van der Waals surface area contributed by atoms with E-state index < -0.39 is 19.7 Å². The van der Waals surface area contributed by atoms with Gasteiger partial charge in [-0.2, -0.15) is 0 Å². The minimum absolute atomic E-state index is 0.0436. The van der Waals surface area contributed by atoms with Crippen molar-refractivity contribution in [1.29, 1.82) is 0 Å². The molecule has 0 bridgehead atoms. The molecule has 0 unspecified atom stereocenters. The van der Waals surface area contributed by atoms with E-state index in [1.165, 1.54) is 36.4 Å². The molecule has 0 saturated carbocycles. The summed E-state index contributed by atoms with van der Waals surface area (Å²) >= 11 is 0. The van der Waals surface area contributed by atoms with Gasteiger partial charge >= 0.3 is 0 Å². The van der Waals surface area contributed by atoms with E-state index in [0.717, 1.165) is 6.07 Å². The first kappa shape index (κ1) is 20.8. The van der Waals surface area contributed by atoms with Crippen LogP contribution >= 0.6 is 0 Å². The van der Waals surface area contributed by atoms with E-state index in [2.05, 4.69) is 0 Å². The van der Waals surface area contributed by atoms with Crippen molar-refractivity contribution in [1.82, 2.24) is 0 Å². The zero-order chi connectivity index (χ0) is 21.9. The number of sulfone groups is 2. The Morgan fingerprint density at radius 2 is 0.968 bits per heavy atom. The number of hydrogen-bond acceptors (Lipinski definition) is 5. The highest BCUT2D eigenvalue weighted by Crippen LogP contribution is 2.35. The van der Waals surface area contributed by atoms with Crippen molar-refractivity contribution < 1.29 is 21.6 Å². The Hall–Kier alpha value is -3.42. The zero-order valence-electron chi connectivity index (χ0n) is 16.3. The largest absolute Gasteiger partial charge is 0.456 e. The lowest BCUT2D eigenvalue weighted by Crippen LogP contribution is -2.08. The maximum Gasteiger partial charge on any atom is 0.210 e. The van der Waals surface area contributed by atoms with E-state index in [4.69, 9.17) is 4.74 Å². The van der Waals surface area contributed by atoms with Crippen molar-refractivity contribution in [2.75, 3.05) is 0 Å².